The van der Waals surface area contributed by atoms with E-state index in [2.05, 4.69) is 5.32 Å². The van der Waals surface area contributed by atoms with Crippen LogP contribution in [-0.2, 0) is 4.79 Å². The van der Waals surface area contributed by atoms with Gasteiger partial charge in [-0.2, -0.15) is 0 Å². The lowest BCUT2D eigenvalue weighted by atomic mass is 10.2. The summed E-state index contributed by atoms with van der Waals surface area (Å²) in [7, 11) is 1.95. The van der Waals surface area contributed by atoms with Gasteiger partial charge in [0.25, 0.3) is 0 Å². The Morgan fingerprint density at radius 3 is 2.93 bits per heavy atom. The van der Waals surface area contributed by atoms with Crippen LogP contribution in [0.1, 0.15) is 25.7 Å². The van der Waals surface area contributed by atoms with E-state index in [9.17, 15) is 4.79 Å². The summed E-state index contributed by atoms with van der Waals surface area (Å²) >= 11 is 1.83. The second-order valence-corrected chi connectivity index (χ2v) is 5.82. The van der Waals surface area contributed by atoms with Gasteiger partial charge in [-0.3, -0.25) is 4.79 Å². The third-order valence-electron chi connectivity index (χ3n) is 3.24. The molecule has 2 unspecified atom stereocenters. The minimum Gasteiger partial charge on any atom is -0.343 e. The highest BCUT2D eigenvalue weighted by atomic mass is 32.2. The normalized spacial score (nSPS) is 30.7. The summed E-state index contributed by atoms with van der Waals surface area (Å²) in [4.78, 5) is 13.9. The monoisotopic (exact) mass is 228 g/mol. The van der Waals surface area contributed by atoms with Crippen molar-refractivity contribution in [3.05, 3.63) is 0 Å². The maximum Gasteiger partial charge on any atom is 0.235 e. The van der Waals surface area contributed by atoms with Crippen LogP contribution in [0.4, 0.5) is 0 Å². The van der Waals surface area contributed by atoms with Crippen LogP contribution in [0.5, 0.6) is 0 Å². The van der Waals surface area contributed by atoms with E-state index in [0.29, 0.717) is 11.9 Å². The van der Waals surface area contributed by atoms with Crippen molar-refractivity contribution in [2.24, 2.45) is 0 Å². The molecule has 2 atom stereocenters. The summed E-state index contributed by atoms with van der Waals surface area (Å²) in [6, 6.07) is 0.533. The van der Waals surface area contributed by atoms with Crippen molar-refractivity contribution in [3.8, 4) is 0 Å². The third kappa shape index (κ3) is 2.88. The summed E-state index contributed by atoms with van der Waals surface area (Å²) in [6.07, 6.45) is 4.75. The fourth-order valence-electron chi connectivity index (χ4n) is 2.35. The number of hydrogen-bond acceptors (Lipinski definition) is 3. The molecule has 0 aromatic carbocycles. The van der Waals surface area contributed by atoms with E-state index in [0.717, 1.165) is 25.3 Å². The zero-order valence-corrected chi connectivity index (χ0v) is 10.2. The third-order valence-corrected chi connectivity index (χ3v) is 4.60. The molecule has 0 aliphatic carbocycles. The Morgan fingerprint density at radius 2 is 2.33 bits per heavy atom. The molecule has 0 bridgehead atoms. The topological polar surface area (TPSA) is 32.3 Å². The van der Waals surface area contributed by atoms with Gasteiger partial charge >= 0.3 is 0 Å². The second-order valence-electron chi connectivity index (χ2n) is 4.51. The predicted molar refractivity (Wildman–Crippen MR) is 64.1 cm³/mol. The molecule has 0 aromatic heterocycles. The number of nitrogens with one attached hydrogen (secondary N) is 1. The fourth-order valence-corrected chi connectivity index (χ4v) is 3.63. The molecule has 2 rings (SSSR count). The van der Waals surface area contributed by atoms with Crippen LogP contribution in [0.15, 0.2) is 0 Å². The molecular weight excluding hydrogens is 208 g/mol. The standard InChI is InChI=1S/C11H20N2OS/c1-13(8-9-4-2-6-12-9)11(14)10-5-3-7-15-10/h9-10,12H,2-8H2,1H3. The number of likely N-dealkylation sites (N-methyl/N-ethyl adjacent to an activating group) is 1. The number of rotatable bonds is 3. The van der Waals surface area contributed by atoms with Crippen molar-refractivity contribution in [1.82, 2.24) is 10.2 Å². The number of thioether (sulfide) groups is 1. The van der Waals surface area contributed by atoms with E-state index in [1.807, 2.05) is 23.7 Å². The first kappa shape index (κ1) is 11.3. The molecular formula is C11H20N2OS. The van der Waals surface area contributed by atoms with E-state index in [-0.39, 0.29) is 5.25 Å². The highest BCUT2D eigenvalue weighted by molar-refractivity contribution is 8.00. The van der Waals surface area contributed by atoms with Crippen molar-refractivity contribution in [1.29, 1.82) is 0 Å². The van der Waals surface area contributed by atoms with Gasteiger partial charge in [-0.05, 0) is 38.0 Å². The molecule has 0 spiro atoms. The molecule has 0 aromatic rings. The average Bonchev–Trinajstić information content (AvgIpc) is 2.88. The van der Waals surface area contributed by atoms with Crippen LogP contribution in [0.2, 0.25) is 0 Å². The van der Waals surface area contributed by atoms with Crippen molar-refractivity contribution >= 4 is 17.7 Å². The number of carbonyl (C=O) groups is 1. The maximum absolute atomic E-state index is 12.0. The quantitative estimate of drug-likeness (QED) is 0.785. The summed E-state index contributed by atoms with van der Waals surface area (Å²) < 4.78 is 0. The molecule has 4 heteroatoms. The molecule has 2 aliphatic heterocycles. The zero-order chi connectivity index (χ0) is 10.7. The molecule has 1 amide bonds. The van der Waals surface area contributed by atoms with E-state index < -0.39 is 0 Å². The summed E-state index contributed by atoms with van der Waals surface area (Å²) in [6.45, 7) is 2.00. The smallest absolute Gasteiger partial charge is 0.235 e. The van der Waals surface area contributed by atoms with Gasteiger partial charge in [0.05, 0.1) is 5.25 Å². The van der Waals surface area contributed by atoms with Crippen LogP contribution in [0, 0.1) is 0 Å². The Balaban J connectivity index is 1.78. The van der Waals surface area contributed by atoms with Gasteiger partial charge in [0.2, 0.25) is 5.91 Å². The highest BCUT2D eigenvalue weighted by Crippen LogP contribution is 2.27. The minimum absolute atomic E-state index is 0.247. The lowest BCUT2D eigenvalue weighted by Gasteiger charge is -2.23. The SMILES string of the molecule is CN(CC1CCCN1)C(=O)C1CCCS1. The lowest BCUT2D eigenvalue weighted by Crippen LogP contribution is -2.41. The minimum atomic E-state index is 0.247. The van der Waals surface area contributed by atoms with Gasteiger partial charge in [-0.15, -0.1) is 11.8 Å². The number of amides is 1. The highest BCUT2D eigenvalue weighted by Gasteiger charge is 2.27. The van der Waals surface area contributed by atoms with E-state index in [1.165, 1.54) is 19.3 Å². The van der Waals surface area contributed by atoms with Crippen LogP contribution < -0.4 is 5.32 Å². The van der Waals surface area contributed by atoms with Crippen molar-refractivity contribution < 1.29 is 4.79 Å². The zero-order valence-electron chi connectivity index (χ0n) is 9.37. The fraction of sp³-hybridized carbons (Fsp3) is 0.909. The Morgan fingerprint density at radius 1 is 1.47 bits per heavy atom. The largest absolute Gasteiger partial charge is 0.343 e. The van der Waals surface area contributed by atoms with Gasteiger partial charge in [-0.25, -0.2) is 0 Å². The molecule has 0 radical (unpaired) electrons. The van der Waals surface area contributed by atoms with Crippen LogP contribution >= 0.6 is 11.8 Å². The van der Waals surface area contributed by atoms with Gasteiger partial charge in [0.1, 0.15) is 0 Å². The Hall–Kier alpha value is -0.220. The van der Waals surface area contributed by atoms with Crippen molar-refractivity contribution in [2.75, 3.05) is 25.9 Å². The summed E-state index contributed by atoms with van der Waals surface area (Å²) in [5.74, 6) is 1.50. The first-order valence-corrected chi connectivity index (χ1v) is 6.92. The second kappa shape index (κ2) is 5.21. The molecule has 3 nitrogen and oxygen atoms in total. The van der Waals surface area contributed by atoms with Crippen LogP contribution in [0.25, 0.3) is 0 Å². The molecule has 0 saturated carbocycles. The predicted octanol–water partition coefficient (Wildman–Crippen LogP) is 1.09. The van der Waals surface area contributed by atoms with Gasteiger partial charge < -0.3 is 10.2 Å². The Kier molecular flexibility index (Phi) is 3.92. The Bertz CT molecular complexity index is 223. The number of hydrogen-bond donors (Lipinski definition) is 1. The number of carbonyl (C=O) groups excluding carboxylic acids is 1. The molecule has 2 aliphatic rings. The first-order chi connectivity index (χ1) is 7.27. The lowest BCUT2D eigenvalue weighted by molar-refractivity contribution is -0.129. The first-order valence-electron chi connectivity index (χ1n) is 5.87. The summed E-state index contributed by atoms with van der Waals surface area (Å²) in [5, 5.41) is 3.68. The van der Waals surface area contributed by atoms with E-state index in [1.54, 1.807) is 0 Å². The summed E-state index contributed by atoms with van der Waals surface area (Å²) in [5.41, 5.74) is 0. The van der Waals surface area contributed by atoms with Crippen molar-refractivity contribution in [3.63, 3.8) is 0 Å². The molecule has 2 heterocycles. The molecule has 2 fully saturated rings. The molecule has 2 saturated heterocycles. The maximum atomic E-state index is 12.0. The van der Waals surface area contributed by atoms with Crippen LogP contribution in [0.3, 0.4) is 0 Å². The van der Waals surface area contributed by atoms with Gasteiger partial charge in [0, 0.05) is 19.6 Å². The van der Waals surface area contributed by atoms with Gasteiger partial charge in [-0.1, -0.05) is 0 Å². The van der Waals surface area contributed by atoms with E-state index >= 15 is 0 Å². The molecule has 86 valence electrons. The molecule has 1 N–H and O–H groups in total. The average molecular weight is 228 g/mol. The van der Waals surface area contributed by atoms with Crippen molar-refractivity contribution in [2.45, 2.75) is 37.0 Å². The number of nitrogens with zero attached hydrogens (tertiary/aromatic N) is 1. The Labute approximate surface area is 96.0 Å². The van der Waals surface area contributed by atoms with Crippen LogP contribution in [-0.4, -0.2) is 48.0 Å². The van der Waals surface area contributed by atoms with Gasteiger partial charge in [0.15, 0.2) is 0 Å². The molecule has 15 heavy (non-hydrogen) atoms. The van der Waals surface area contributed by atoms with E-state index in [4.69, 9.17) is 0 Å².